The third kappa shape index (κ3) is 7.27. The van der Waals surface area contributed by atoms with Gasteiger partial charge >= 0.3 is 0 Å². The molecule has 162 valence electrons. The van der Waals surface area contributed by atoms with Crippen LogP contribution in [0.1, 0.15) is 45.6 Å². The Kier molecular flexibility index (Phi) is 8.56. The summed E-state index contributed by atoms with van der Waals surface area (Å²) >= 11 is 0. The molecule has 0 saturated carbocycles. The van der Waals surface area contributed by atoms with E-state index in [9.17, 15) is 18.0 Å². The van der Waals surface area contributed by atoms with Crippen LogP contribution < -0.4 is 15.4 Å². The molecule has 0 aliphatic rings. The highest BCUT2D eigenvalue weighted by Gasteiger charge is 2.22. The molecule has 0 fully saturated rings. The molecule has 3 N–H and O–H groups in total. The normalized spacial score (nSPS) is 12.2. The van der Waals surface area contributed by atoms with Gasteiger partial charge in [0.05, 0.1) is 10.9 Å². The van der Waals surface area contributed by atoms with Gasteiger partial charge in [-0.3, -0.25) is 9.59 Å². The first-order valence-corrected chi connectivity index (χ1v) is 11.5. The van der Waals surface area contributed by atoms with E-state index in [0.717, 1.165) is 12.8 Å². The summed E-state index contributed by atoms with van der Waals surface area (Å²) in [6.07, 6.45) is 4.49. The zero-order valence-corrected chi connectivity index (χ0v) is 18.4. The molecule has 0 bridgehead atoms. The number of carbonyl (C=O) groups is 2. The number of hydrogen-bond donors (Lipinski definition) is 3. The number of carbonyl (C=O) groups excluding carboxylic acids is 2. The van der Waals surface area contributed by atoms with E-state index < -0.39 is 22.0 Å². The van der Waals surface area contributed by atoms with Gasteiger partial charge in [-0.2, -0.15) is 4.72 Å². The van der Waals surface area contributed by atoms with Crippen molar-refractivity contribution in [3.8, 4) is 0 Å². The quantitative estimate of drug-likeness (QED) is 0.499. The smallest absolute Gasteiger partial charge is 0.242 e. The van der Waals surface area contributed by atoms with Crippen molar-refractivity contribution < 1.29 is 18.0 Å². The third-order valence-corrected chi connectivity index (χ3v) is 6.06. The molecule has 2 aromatic rings. The summed E-state index contributed by atoms with van der Waals surface area (Å²) in [5.41, 5.74) is 2.31. The van der Waals surface area contributed by atoms with Crippen LogP contribution in [0.3, 0.4) is 0 Å². The standard InChI is InChI=1S/C22H29N3O4S/c1-4-5-6-7-18-8-10-20(11-9-18)24-22(27)16(2)25-30(28,29)21-14-12-19(13-15-21)23-17(3)26/h8-16,25H,4-7H2,1-3H3,(H,23,26)(H,24,27)/t16-/m0/s1. The Morgan fingerprint density at radius 1 is 0.900 bits per heavy atom. The Labute approximate surface area is 178 Å². The fourth-order valence-corrected chi connectivity index (χ4v) is 4.06. The van der Waals surface area contributed by atoms with Crippen LogP contribution in [-0.2, 0) is 26.0 Å². The predicted molar refractivity (Wildman–Crippen MR) is 119 cm³/mol. The molecule has 0 aliphatic carbocycles. The van der Waals surface area contributed by atoms with Crippen molar-refractivity contribution in [1.29, 1.82) is 0 Å². The van der Waals surface area contributed by atoms with Gasteiger partial charge in [-0.05, 0) is 61.7 Å². The molecule has 0 aliphatic heterocycles. The summed E-state index contributed by atoms with van der Waals surface area (Å²) in [5, 5.41) is 5.30. The molecule has 0 spiro atoms. The van der Waals surface area contributed by atoms with Crippen LogP contribution in [0.15, 0.2) is 53.4 Å². The summed E-state index contributed by atoms with van der Waals surface area (Å²) in [4.78, 5) is 23.5. The van der Waals surface area contributed by atoms with Crippen molar-refractivity contribution in [2.24, 2.45) is 0 Å². The topological polar surface area (TPSA) is 104 Å². The van der Waals surface area contributed by atoms with Crippen molar-refractivity contribution in [3.05, 3.63) is 54.1 Å². The van der Waals surface area contributed by atoms with Crippen LogP contribution >= 0.6 is 0 Å². The Hall–Kier alpha value is -2.71. The largest absolute Gasteiger partial charge is 0.326 e. The van der Waals surface area contributed by atoms with Gasteiger partial charge in [0.2, 0.25) is 21.8 Å². The number of amides is 2. The van der Waals surface area contributed by atoms with Crippen molar-refractivity contribution in [3.63, 3.8) is 0 Å². The first-order valence-electron chi connectivity index (χ1n) is 10.0. The molecule has 0 unspecified atom stereocenters. The molecule has 0 heterocycles. The highest BCUT2D eigenvalue weighted by Crippen LogP contribution is 2.16. The SMILES string of the molecule is CCCCCc1ccc(NC(=O)[C@H](C)NS(=O)(=O)c2ccc(NC(C)=O)cc2)cc1. The van der Waals surface area contributed by atoms with Gasteiger partial charge in [0, 0.05) is 18.3 Å². The van der Waals surface area contributed by atoms with Crippen LogP contribution in [0.4, 0.5) is 11.4 Å². The van der Waals surface area contributed by atoms with Crippen LogP contribution in [-0.4, -0.2) is 26.3 Å². The summed E-state index contributed by atoms with van der Waals surface area (Å²) in [7, 11) is -3.89. The minimum atomic E-state index is -3.89. The molecule has 30 heavy (non-hydrogen) atoms. The van der Waals surface area contributed by atoms with E-state index in [-0.39, 0.29) is 10.8 Å². The minimum absolute atomic E-state index is 0.00712. The fourth-order valence-electron chi connectivity index (χ4n) is 2.86. The number of sulfonamides is 1. The Morgan fingerprint density at radius 3 is 2.03 bits per heavy atom. The average Bonchev–Trinajstić information content (AvgIpc) is 2.69. The van der Waals surface area contributed by atoms with Gasteiger partial charge in [-0.1, -0.05) is 31.9 Å². The highest BCUT2D eigenvalue weighted by atomic mass is 32.2. The molecule has 1 atom stereocenters. The average molecular weight is 432 g/mol. The van der Waals surface area contributed by atoms with Crippen LogP contribution in [0.2, 0.25) is 0 Å². The maximum atomic E-state index is 12.5. The number of anilines is 2. The molecule has 2 rings (SSSR count). The maximum absolute atomic E-state index is 12.5. The molecule has 8 heteroatoms. The lowest BCUT2D eigenvalue weighted by molar-refractivity contribution is -0.117. The van der Waals surface area contributed by atoms with Crippen LogP contribution in [0, 0.1) is 0 Å². The maximum Gasteiger partial charge on any atom is 0.242 e. The lowest BCUT2D eigenvalue weighted by atomic mass is 10.1. The van der Waals surface area contributed by atoms with Gasteiger partial charge in [-0.15, -0.1) is 0 Å². The van der Waals surface area contributed by atoms with E-state index in [1.165, 1.54) is 56.5 Å². The van der Waals surface area contributed by atoms with Crippen LogP contribution in [0.5, 0.6) is 0 Å². The Bertz CT molecular complexity index is 955. The molecule has 7 nitrogen and oxygen atoms in total. The van der Waals surface area contributed by atoms with E-state index in [2.05, 4.69) is 22.3 Å². The predicted octanol–water partition coefficient (Wildman–Crippen LogP) is 3.68. The lowest BCUT2D eigenvalue weighted by Crippen LogP contribution is -2.41. The number of nitrogens with one attached hydrogen (secondary N) is 3. The Morgan fingerprint density at radius 2 is 1.47 bits per heavy atom. The summed E-state index contributed by atoms with van der Waals surface area (Å²) in [6, 6.07) is 12.3. The molecular formula is C22H29N3O4S. The van der Waals surface area contributed by atoms with E-state index >= 15 is 0 Å². The van der Waals surface area contributed by atoms with Gasteiger partial charge in [-0.25, -0.2) is 8.42 Å². The van der Waals surface area contributed by atoms with E-state index in [0.29, 0.717) is 11.4 Å². The van der Waals surface area contributed by atoms with Crippen LogP contribution in [0.25, 0.3) is 0 Å². The van der Waals surface area contributed by atoms with Gasteiger partial charge < -0.3 is 10.6 Å². The van der Waals surface area contributed by atoms with Crippen molar-refractivity contribution in [2.75, 3.05) is 10.6 Å². The van der Waals surface area contributed by atoms with Gasteiger partial charge in [0.25, 0.3) is 0 Å². The highest BCUT2D eigenvalue weighted by molar-refractivity contribution is 7.89. The summed E-state index contributed by atoms with van der Waals surface area (Å²) in [6.45, 7) is 5.01. The van der Waals surface area contributed by atoms with Crippen molar-refractivity contribution >= 4 is 33.2 Å². The third-order valence-electron chi connectivity index (χ3n) is 4.50. The molecule has 0 radical (unpaired) electrons. The number of rotatable bonds is 10. The summed E-state index contributed by atoms with van der Waals surface area (Å²) in [5.74, 6) is -0.699. The van der Waals surface area contributed by atoms with E-state index in [1.807, 2.05) is 24.3 Å². The second-order valence-electron chi connectivity index (χ2n) is 7.19. The van der Waals surface area contributed by atoms with Gasteiger partial charge in [0.15, 0.2) is 0 Å². The monoisotopic (exact) mass is 431 g/mol. The number of benzene rings is 2. The van der Waals surface area contributed by atoms with Crippen molar-refractivity contribution in [1.82, 2.24) is 4.72 Å². The first kappa shape index (κ1) is 23.6. The first-order chi connectivity index (χ1) is 14.2. The zero-order valence-electron chi connectivity index (χ0n) is 17.6. The second kappa shape index (κ2) is 10.9. The van der Waals surface area contributed by atoms with Crippen molar-refractivity contribution in [2.45, 2.75) is 57.4 Å². The molecular weight excluding hydrogens is 402 g/mol. The minimum Gasteiger partial charge on any atom is -0.326 e. The number of aryl methyl sites for hydroxylation is 1. The molecule has 0 saturated heterocycles. The number of hydrogen-bond acceptors (Lipinski definition) is 4. The van der Waals surface area contributed by atoms with Gasteiger partial charge in [0.1, 0.15) is 0 Å². The Balaban J connectivity index is 1.94. The van der Waals surface area contributed by atoms with E-state index in [4.69, 9.17) is 0 Å². The summed E-state index contributed by atoms with van der Waals surface area (Å²) < 4.78 is 27.4. The zero-order chi connectivity index (χ0) is 22.1. The molecule has 0 aromatic heterocycles. The fraction of sp³-hybridized carbons (Fsp3) is 0.364. The molecule has 2 amide bonds. The second-order valence-corrected chi connectivity index (χ2v) is 8.91. The lowest BCUT2D eigenvalue weighted by Gasteiger charge is -2.15. The number of unbranched alkanes of at least 4 members (excludes halogenated alkanes) is 2. The van der Waals surface area contributed by atoms with E-state index in [1.54, 1.807) is 0 Å². The molecule has 2 aromatic carbocycles.